The molecule has 1 N–H and O–H groups in total. The minimum absolute atomic E-state index is 0.140. The molecule has 1 saturated carbocycles. The Bertz CT molecular complexity index is 222. The Hall–Kier alpha value is -0.790. The van der Waals surface area contributed by atoms with Crippen molar-refractivity contribution in [2.75, 3.05) is 0 Å². The summed E-state index contributed by atoms with van der Waals surface area (Å²) >= 11 is 0. The second kappa shape index (κ2) is 3.95. The molecule has 0 unspecified atom stereocenters. The fraction of sp³-hybridized carbons (Fsp3) is 0.727. The van der Waals surface area contributed by atoms with Gasteiger partial charge in [-0.3, -0.25) is 0 Å². The smallest absolute Gasteiger partial charge is 0.330 e. The molecule has 0 aromatic carbocycles. The molecule has 0 amide bonds. The first kappa shape index (κ1) is 10.3. The summed E-state index contributed by atoms with van der Waals surface area (Å²) in [4.78, 5) is 10.6. The van der Waals surface area contributed by atoms with E-state index in [2.05, 4.69) is 6.92 Å². The Labute approximate surface area is 79.6 Å². The van der Waals surface area contributed by atoms with E-state index >= 15 is 0 Å². The zero-order valence-electron chi connectivity index (χ0n) is 8.47. The SMILES string of the molecule is C/C(=C\C1(C)CCCCC1)C(=O)O. The van der Waals surface area contributed by atoms with Crippen LogP contribution >= 0.6 is 0 Å². The van der Waals surface area contributed by atoms with Crippen molar-refractivity contribution in [3.63, 3.8) is 0 Å². The molecule has 0 bridgehead atoms. The maximum absolute atomic E-state index is 10.6. The lowest BCUT2D eigenvalue weighted by atomic mass is 9.75. The Kier molecular flexibility index (Phi) is 3.12. The molecule has 0 spiro atoms. The van der Waals surface area contributed by atoms with Gasteiger partial charge in [-0.15, -0.1) is 0 Å². The summed E-state index contributed by atoms with van der Waals surface area (Å²) in [7, 11) is 0. The highest BCUT2D eigenvalue weighted by Gasteiger charge is 2.25. The molecule has 0 aromatic rings. The number of carboxylic acid groups (broad SMARTS) is 1. The van der Waals surface area contributed by atoms with Gasteiger partial charge >= 0.3 is 5.97 Å². The van der Waals surface area contributed by atoms with Crippen LogP contribution in [0.1, 0.15) is 46.0 Å². The molecular formula is C11H18O2. The van der Waals surface area contributed by atoms with Crippen LogP contribution in [0.4, 0.5) is 0 Å². The van der Waals surface area contributed by atoms with Crippen molar-refractivity contribution in [3.8, 4) is 0 Å². The van der Waals surface area contributed by atoms with Gasteiger partial charge in [0, 0.05) is 5.57 Å². The number of aliphatic carboxylic acids is 1. The fourth-order valence-electron chi connectivity index (χ4n) is 2.09. The van der Waals surface area contributed by atoms with E-state index < -0.39 is 5.97 Å². The summed E-state index contributed by atoms with van der Waals surface area (Å²) in [6.07, 6.45) is 7.99. The number of carboxylic acids is 1. The van der Waals surface area contributed by atoms with Crippen molar-refractivity contribution < 1.29 is 9.90 Å². The second-order valence-corrected chi connectivity index (χ2v) is 4.35. The summed E-state index contributed by atoms with van der Waals surface area (Å²) in [5, 5.41) is 8.76. The van der Waals surface area contributed by atoms with Gasteiger partial charge in [-0.1, -0.05) is 32.3 Å². The minimum atomic E-state index is -0.785. The molecule has 2 heteroatoms. The van der Waals surface area contributed by atoms with Crippen molar-refractivity contribution in [2.24, 2.45) is 5.41 Å². The van der Waals surface area contributed by atoms with Crippen LogP contribution in [-0.4, -0.2) is 11.1 Å². The van der Waals surface area contributed by atoms with E-state index in [4.69, 9.17) is 5.11 Å². The van der Waals surface area contributed by atoms with Gasteiger partial charge < -0.3 is 5.11 Å². The maximum atomic E-state index is 10.6. The summed E-state index contributed by atoms with van der Waals surface area (Å²) in [6.45, 7) is 3.85. The maximum Gasteiger partial charge on any atom is 0.330 e. The Morgan fingerprint density at radius 1 is 1.31 bits per heavy atom. The highest BCUT2D eigenvalue weighted by Crippen LogP contribution is 2.37. The predicted molar refractivity (Wildman–Crippen MR) is 52.6 cm³/mol. The van der Waals surface area contributed by atoms with Crippen LogP contribution in [0.15, 0.2) is 11.6 Å². The molecule has 1 aliphatic rings. The van der Waals surface area contributed by atoms with Crippen molar-refractivity contribution in [1.82, 2.24) is 0 Å². The highest BCUT2D eigenvalue weighted by molar-refractivity contribution is 5.85. The van der Waals surface area contributed by atoms with Crippen molar-refractivity contribution in [1.29, 1.82) is 0 Å². The molecule has 13 heavy (non-hydrogen) atoms. The van der Waals surface area contributed by atoms with Crippen LogP contribution in [0.3, 0.4) is 0 Å². The van der Waals surface area contributed by atoms with E-state index in [1.165, 1.54) is 19.3 Å². The van der Waals surface area contributed by atoms with Gasteiger partial charge in [-0.05, 0) is 25.2 Å². The first-order chi connectivity index (χ1) is 6.03. The zero-order valence-corrected chi connectivity index (χ0v) is 8.47. The molecular weight excluding hydrogens is 164 g/mol. The number of hydrogen-bond donors (Lipinski definition) is 1. The Balaban J connectivity index is 2.68. The van der Waals surface area contributed by atoms with Crippen LogP contribution in [0, 0.1) is 5.41 Å². The van der Waals surface area contributed by atoms with Gasteiger partial charge in [0.1, 0.15) is 0 Å². The van der Waals surface area contributed by atoms with E-state index in [1.807, 2.05) is 6.08 Å². The summed E-state index contributed by atoms with van der Waals surface area (Å²) in [5.74, 6) is -0.785. The Morgan fingerprint density at radius 3 is 2.31 bits per heavy atom. The average molecular weight is 182 g/mol. The molecule has 0 saturated heterocycles. The molecule has 0 radical (unpaired) electrons. The van der Waals surface area contributed by atoms with Gasteiger partial charge in [0.15, 0.2) is 0 Å². The number of carbonyl (C=O) groups is 1. The average Bonchev–Trinajstić information content (AvgIpc) is 2.04. The summed E-state index contributed by atoms with van der Waals surface area (Å²) in [5.41, 5.74) is 0.630. The lowest BCUT2D eigenvalue weighted by Crippen LogP contribution is -2.18. The second-order valence-electron chi connectivity index (χ2n) is 4.35. The van der Waals surface area contributed by atoms with Crippen LogP contribution in [0.5, 0.6) is 0 Å². The minimum Gasteiger partial charge on any atom is -0.478 e. The van der Waals surface area contributed by atoms with Crippen LogP contribution in [0.25, 0.3) is 0 Å². The van der Waals surface area contributed by atoms with Gasteiger partial charge in [0.25, 0.3) is 0 Å². The molecule has 0 aromatic heterocycles. The quantitative estimate of drug-likeness (QED) is 0.666. The van der Waals surface area contributed by atoms with E-state index in [1.54, 1.807) is 6.92 Å². The van der Waals surface area contributed by atoms with Crippen LogP contribution < -0.4 is 0 Å². The largest absolute Gasteiger partial charge is 0.478 e. The van der Waals surface area contributed by atoms with Crippen molar-refractivity contribution in [2.45, 2.75) is 46.0 Å². The zero-order chi connectivity index (χ0) is 9.90. The predicted octanol–water partition coefficient (Wildman–Crippen LogP) is 2.99. The van der Waals surface area contributed by atoms with E-state index in [9.17, 15) is 4.79 Å². The number of allylic oxidation sites excluding steroid dienone is 1. The van der Waals surface area contributed by atoms with Crippen molar-refractivity contribution >= 4 is 5.97 Å². The third kappa shape index (κ3) is 2.87. The van der Waals surface area contributed by atoms with E-state index in [-0.39, 0.29) is 5.41 Å². The molecule has 74 valence electrons. The molecule has 2 nitrogen and oxygen atoms in total. The molecule has 0 atom stereocenters. The molecule has 0 heterocycles. The van der Waals surface area contributed by atoms with Gasteiger partial charge in [-0.2, -0.15) is 0 Å². The molecule has 0 aliphatic heterocycles. The van der Waals surface area contributed by atoms with E-state index in [0.717, 1.165) is 12.8 Å². The topological polar surface area (TPSA) is 37.3 Å². The third-order valence-corrected chi connectivity index (χ3v) is 2.90. The fourth-order valence-corrected chi connectivity index (χ4v) is 2.09. The molecule has 1 rings (SSSR count). The molecule has 1 fully saturated rings. The lowest BCUT2D eigenvalue weighted by Gasteiger charge is -2.30. The standard InChI is InChI=1S/C11H18O2/c1-9(10(12)13)8-11(2)6-4-3-5-7-11/h8H,3-7H2,1-2H3,(H,12,13)/b9-8+. The van der Waals surface area contributed by atoms with Crippen LogP contribution in [-0.2, 0) is 4.79 Å². The first-order valence-electron chi connectivity index (χ1n) is 4.96. The first-order valence-corrected chi connectivity index (χ1v) is 4.96. The lowest BCUT2D eigenvalue weighted by molar-refractivity contribution is -0.132. The highest BCUT2D eigenvalue weighted by atomic mass is 16.4. The van der Waals surface area contributed by atoms with Gasteiger partial charge in [0.05, 0.1) is 0 Å². The normalized spacial score (nSPS) is 22.8. The summed E-state index contributed by atoms with van der Waals surface area (Å²) < 4.78 is 0. The van der Waals surface area contributed by atoms with E-state index in [0.29, 0.717) is 5.57 Å². The third-order valence-electron chi connectivity index (χ3n) is 2.90. The Morgan fingerprint density at radius 2 is 1.85 bits per heavy atom. The number of rotatable bonds is 2. The monoisotopic (exact) mass is 182 g/mol. The molecule has 1 aliphatic carbocycles. The van der Waals surface area contributed by atoms with Gasteiger partial charge in [-0.25, -0.2) is 4.79 Å². The van der Waals surface area contributed by atoms with Gasteiger partial charge in [0.2, 0.25) is 0 Å². The van der Waals surface area contributed by atoms with Crippen LogP contribution in [0.2, 0.25) is 0 Å². The van der Waals surface area contributed by atoms with Crippen molar-refractivity contribution in [3.05, 3.63) is 11.6 Å². The number of hydrogen-bond acceptors (Lipinski definition) is 1. The summed E-state index contributed by atoms with van der Waals surface area (Å²) in [6, 6.07) is 0.